The highest BCUT2D eigenvalue weighted by molar-refractivity contribution is 6.01. The Morgan fingerprint density at radius 1 is 0.774 bits per heavy atom. The highest BCUT2D eigenvalue weighted by Gasteiger charge is 2.14. The van der Waals surface area contributed by atoms with Crippen LogP contribution >= 0.6 is 0 Å². The van der Waals surface area contributed by atoms with Crippen LogP contribution in [0.5, 0.6) is 0 Å². The van der Waals surface area contributed by atoms with Gasteiger partial charge in [0.1, 0.15) is 6.07 Å². The number of unbranched alkanes of at least 4 members (excludes halogenated alkanes) is 14. The number of rotatable bonds is 21. The summed E-state index contributed by atoms with van der Waals surface area (Å²) >= 11 is 0. The lowest BCUT2D eigenvalue weighted by Gasteiger charge is -2.30. The van der Waals surface area contributed by atoms with Gasteiger partial charge in [-0.25, -0.2) is 4.79 Å². The summed E-state index contributed by atoms with van der Waals surface area (Å²) in [5, 5.41) is 15.5. The van der Waals surface area contributed by atoms with Gasteiger partial charge in [-0.2, -0.15) is 5.26 Å². The molecule has 178 valence electrons. The fourth-order valence-corrected chi connectivity index (χ4v) is 3.85. The van der Waals surface area contributed by atoms with E-state index in [0.717, 1.165) is 23.9 Å². The average molecular weight is 435 g/mol. The molecule has 0 unspecified atom stereocenters. The molecule has 0 aliphatic carbocycles. The smallest absolute Gasteiger partial charge is 0.358 e. The first-order chi connectivity index (χ1) is 15.0. The van der Waals surface area contributed by atoms with Crippen molar-refractivity contribution in [3.63, 3.8) is 0 Å². The number of esters is 1. The van der Waals surface area contributed by atoms with Crippen molar-refractivity contribution in [2.75, 3.05) is 33.8 Å². The first-order valence-electron chi connectivity index (χ1n) is 12.7. The van der Waals surface area contributed by atoms with Gasteiger partial charge >= 0.3 is 5.97 Å². The SMILES string of the molecule is CCCCCCCCCCCCCCCC[N+](C)(C)CCCCOC(=O)C(=C=N)C#N. The zero-order chi connectivity index (χ0) is 23.2. The summed E-state index contributed by atoms with van der Waals surface area (Å²) < 4.78 is 6.00. The number of hydrogen-bond donors (Lipinski definition) is 1. The standard InChI is InChI=1S/C26H48N3O2/c1-4-5-6-7-8-9-10-11-12-13-14-15-16-17-20-29(2,3)21-18-19-22-31-26(30)25(23-27)24-28/h27H,4-22H2,1-3H3/q+1. The van der Waals surface area contributed by atoms with Crippen molar-refractivity contribution in [1.82, 2.24) is 0 Å². The lowest BCUT2D eigenvalue weighted by Crippen LogP contribution is -2.41. The highest BCUT2D eigenvalue weighted by Crippen LogP contribution is 2.14. The molecule has 5 nitrogen and oxygen atoms in total. The minimum atomic E-state index is -0.742. The Bertz CT molecular complexity index is 545. The molecule has 0 saturated carbocycles. The van der Waals surface area contributed by atoms with Crippen LogP contribution < -0.4 is 0 Å². The van der Waals surface area contributed by atoms with Crippen LogP contribution in [0.1, 0.15) is 110 Å². The third kappa shape index (κ3) is 18.8. The highest BCUT2D eigenvalue weighted by atomic mass is 16.5. The van der Waals surface area contributed by atoms with Gasteiger partial charge < -0.3 is 9.22 Å². The summed E-state index contributed by atoms with van der Waals surface area (Å²) in [5.41, 5.74) is -0.367. The van der Waals surface area contributed by atoms with Crippen LogP contribution in [0.15, 0.2) is 5.57 Å². The molecule has 0 amide bonds. The van der Waals surface area contributed by atoms with E-state index in [1.807, 2.05) is 0 Å². The number of hydrogen-bond acceptors (Lipinski definition) is 4. The van der Waals surface area contributed by atoms with Crippen molar-refractivity contribution >= 4 is 11.8 Å². The molecule has 0 spiro atoms. The maximum absolute atomic E-state index is 11.5. The van der Waals surface area contributed by atoms with E-state index in [0.29, 0.717) is 6.61 Å². The minimum absolute atomic E-state index is 0.296. The van der Waals surface area contributed by atoms with Crippen molar-refractivity contribution in [2.24, 2.45) is 0 Å². The molecule has 5 heteroatoms. The zero-order valence-electron chi connectivity index (χ0n) is 20.6. The zero-order valence-corrected chi connectivity index (χ0v) is 20.6. The second kappa shape index (κ2) is 20.3. The van der Waals surface area contributed by atoms with Crippen LogP contribution in [0.3, 0.4) is 0 Å². The molecule has 1 N–H and O–H groups in total. The maximum Gasteiger partial charge on any atom is 0.358 e. The summed E-state index contributed by atoms with van der Waals surface area (Å²) in [6.07, 6.45) is 21.2. The van der Waals surface area contributed by atoms with Gasteiger partial charge in [0.25, 0.3) is 0 Å². The van der Waals surface area contributed by atoms with Gasteiger partial charge in [0.2, 0.25) is 0 Å². The second-order valence-corrected chi connectivity index (χ2v) is 9.43. The third-order valence-electron chi connectivity index (χ3n) is 5.95. The van der Waals surface area contributed by atoms with E-state index in [4.69, 9.17) is 15.4 Å². The summed E-state index contributed by atoms with van der Waals surface area (Å²) in [7, 11) is 4.53. The van der Waals surface area contributed by atoms with Gasteiger partial charge in [0.05, 0.1) is 33.8 Å². The quantitative estimate of drug-likeness (QED) is 0.0554. The molecule has 0 atom stereocenters. The van der Waals surface area contributed by atoms with Crippen LogP contribution in [0.4, 0.5) is 0 Å². The largest absolute Gasteiger partial charge is 0.461 e. The number of nitriles is 1. The molecule has 0 radical (unpaired) electrons. The monoisotopic (exact) mass is 434 g/mol. The Hall–Kier alpha value is -1.63. The number of carbonyl (C=O) groups excluding carboxylic acids is 1. The number of quaternary nitrogens is 1. The summed E-state index contributed by atoms with van der Waals surface area (Å²) in [6.45, 7) is 4.82. The van der Waals surface area contributed by atoms with Crippen molar-refractivity contribution in [2.45, 2.75) is 110 Å². The molecular weight excluding hydrogens is 386 g/mol. The van der Waals surface area contributed by atoms with Crippen LogP contribution in [0, 0.1) is 16.7 Å². The molecule has 0 aromatic carbocycles. The minimum Gasteiger partial charge on any atom is -0.461 e. The van der Waals surface area contributed by atoms with Crippen LogP contribution in [0.2, 0.25) is 0 Å². The molecule has 0 aromatic rings. The Morgan fingerprint density at radius 2 is 1.19 bits per heavy atom. The topological polar surface area (TPSA) is 73.9 Å². The first kappa shape index (κ1) is 29.4. The van der Waals surface area contributed by atoms with Crippen molar-refractivity contribution < 1.29 is 14.0 Å². The Balaban J connectivity index is 3.49. The summed E-state index contributed by atoms with van der Waals surface area (Å²) in [5.74, 6) is 1.06. The first-order valence-corrected chi connectivity index (χ1v) is 12.7. The van der Waals surface area contributed by atoms with Crippen LogP contribution in [-0.2, 0) is 9.53 Å². The summed E-state index contributed by atoms with van der Waals surface area (Å²) in [4.78, 5) is 11.5. The molecule has 0 aliphatic rings. The van der Waals surface area contributed by atoms with Crippen LogP contribution in [0.25, 0.3) is 0 Å². The Labute approximate surface area is 191 Å². The third-order valence-corrected chi connectivity index (χ3v) is 5.95. The fraction of sp³-hybridized carbons (Fsp3) is 0.846. The van der Waals surface area contributed by atoms with E-state index in [2.05, 4.69) is 21.0 Å². The Morgan fingerprint density at radius 3 is 1.61 bits per heavy atom. The van der Waals surface area contributed by atoms with E-state index in [-0.39, 0.29) is 5.57 Å². The van der Waals surface area contributed by atoms with E-state index in [1.165, 1.54) is 96.4 Å². The molecule has 0 rings (SSSR count). The lowest BCUT2D eigenvalue weighted by molar-refractivity contribution is -0.890. The van der Waals surface area contributed by atoms with E-state index in [1.54, 1.807) is 11.9 Å². The van der Waals surface area contributed by atoms with Gasteiger partial charge in [0, 0.05) is 5.87 Å². The van der Waals surface area contributed by atoms with E-state index in [9.17, 15) is 4.79 Å². The van der Waals surface area contributed by atoms with Crippen molar-refractivity contribution in [3.8, 4) is 6.07 Å². The van der Waals surface area contributed by atoms with Gasteiger partial charge in [0.15, 0.2) is 5.57 Å². The molecule has 0 aliphatic heterocycles. The molecule has 0 saturated heterocycles. The lowest BCUT2D eigenvalue weighted by atomic mass is 10.0. The number of carbonyl (C=O) groups is 1. The second-order valence-electron chi connectivity index (χ2n) is 9.43. The fourth-order valence-electron chi connectivity index (χ4n) is 3.85. The molecular formula is C26H48N3O2+. The summed E-state index contributed by atoms with van der Waals surface area (Å²) in [6, 6.07) is 1.62. The normalized spacial score (nSPS) is 11.0. The van der Waals surface area contributed by atoms with Gasteiger partial charge in [-0.15, -0.1) is 0 Å². The number of nitrogens with one attached hydrogen (secondary N) is 1. The van der Waals surface area contributed by atoms with Crippen molar-refractivity contribution in [1.29, 1.82) is 10.7 Å². The number of nitrogens with zero attached hydrogens (tertiary/aromatic N) is 2. The molecule has 31 heavy (non-hydrogen) atoms. The number of ether oxygens (including phenoxy) is 1. The van der Waals surface area contributed by atoms with E-state index < -0.39 is 5.97 Å². The van der Waals surface area contributed by atoms with E-state index >= 15 is 0 Å². The molecule has 0 bridgehead atoms. The molecule has 0 aromatic heterocycles. The van der Waals surface area contributed by atoms with Crippen LogP contribution in [-0.4, -0.2) is 50.1 Å². The molecule has 0 heterocycles. The molecule has 0 fully saturated rings. The van der Waals surface area contributed by atoms with Crippen molar-refractivity contribution in [3.05, 3.63) is 5.57 Å². The van der Waals surface area contributed by atoms with Gasteiger partial charge in [-0.3, -0.25) is 5.41 Å². The van der Waals surface area contributed by atoms with Gasteiger partial charge in [-0.05, 0) is 25.7 Å². The average Bonchev–Trinajstić information content (AvgIpc) is 2.74. The van der Waals surface area contributed by atoms with Gasteiger partial charge in [-0.1, -0.05) is 84.0 Å². The predicted octanol–water partition coefficient (Wildman–Crippen LogP) is 6.57. The predicted molar refractivity (Wildman–Crippen MR) is 129 cm³/mol. The maximum atomic E-state index is 11.5. The Kier molecular flexibility index (Phi) is 19.2.